The van der Waals surface area contributed by atoms with Gasteiger partial charge in [0, 0.05) is 19.1 Å². The second kappa shape index (κ2) is 4.63. The van der Waals surface area contributed by atoms with E-state index in [1.54, 1.807) is 12.1 Å². The molecule has 1 aromatic carbocycles. The van der Waals surface area contributed by atoms with Gasteiger partial charge in [0.15, 0.2) is 0 Å². The summed E-state index contributed by atoms with van der Waals surface area (Å²) in [5.74, 6) is -1.48. The van der Waals surface area contributed by atoms with Gasteiger partial charge in [-0.3, -0.25) is 9.69 Å². The Morgan fingerprint density at radius 1 is 1.59 bits per heavy atom. The van der Waals surface area contributed by atoms with Gasteiger partial charge in [-0.05, 0) is 24.6 Å². The molecule has 1 unspecified atom stereocenters. The van der Waals surface area contributed by atoms with E-state index in [0.29, 0.717) is 13.1 Å². The van der Waals surface area contributed by atoms with Crippen LogP contribution in [-0.2, 0) is 4.79 Å². The fourth-order valence-electron chi connectivity index (χ4n) is 1.97. The summed E-state index contributed by atoms with van der Waals surface area (Å²) in [6.07, 6.45) is 0. The summed E-state index contributed by atoms with van der Waals surface area (Å²) >= 11 is 5.72. The fourth-order valence-corrected chi connectivity index (χ4v) is 2.16. The Morgan fingerprint density at radius 3 is 2.76 bits per heavy atom. The molecule has 1 aliphatic rings. The molecule has 0 radical (unpaired) electrons. The molecule has 1 heterocycles. The summed E-state index contributed by atoms with van der Waals surface area (Å²) in [5.41, 5.74) is 0.903. The number of carbonyl (C=O) groups is 1. The molecule has 5 heteroatoms. The maximum atomic E-state index is 13.0. The third-order valence-corrected chi connectivity index (χ3v) is 3.52. The molecule has 0 spiro atoms. The van der Waals surface area contributed by atoms with Gasteiger partial charge in [0.1, 0.15) is 5.82 Å². The Bertz CT molecular complexity index is 446. The lowest BCUT2D eigenvalue weighted by Crippen LogP contribution is -2.51. The molecule has 0 aliphatic carbocycles. The van der Waals surface area contributed by atoms with E-state index in [1.807, 2.05) is 11.8 Å². The predicted octanol–water partition coefficient (Wildman–Crippen LogP) is 2.56. The molecule has 2 rings (SSSR count). The predicted molar refractivity (Wildman–Crippen MR) is 62.5 cm³/mol. The highest BCUT2D eigenvalue weighted by molar-refractivity contribution is 6.30. The Labute approximate surface area is 104 Å². The first-order chi connectivity index (χ1) is 7.99. The van der Waals surface area contributed by atoms with Crippen molar-refractivity contribution in [3.05, 3.63) is 34.6 Å². The van der Waals surface area contributed by atoms with E-state index in [1.165, 1.54) is 6.07 Å². The highest BCUT2D eigenvalue weighted by Crippen LogP contribution is 2.30. The van der Waals surface area contributed by atoms with Crippen LogP contribution in [0.3, 0.4) is 0 Å². The lowest BCUT2D eigenvalue weighted by Gasteiger charge is -2.41. The van der Waals surface area contributed by atoms with E-state index in [4.69, 9.17) is 16.7 Å². The minimum Gasteiger partial charge on any atom is -0.481 e. The van der Waals surface area contributed by atoms with E-state index in [2.05, 4.69) is 0 Å². The first-order valence-electron chi connectivity index (χ1n) is 5.41. The topological polar surface area (TPSA) is 40.5 Å². The molecule has 17 heavy (non-hydrogen) atoms. The highest BCUT2D eigenvalue weighted by atomic mass is 35.5. The van der Waals surface area contributed by atoms with Crippen molar-refractivity contribution in [1.29, 1.82) is 0 Å². The molecule has 1 aliphatic heterocycles. The molecule has 1 saturated heterocycles. The number of aliphatic carboxylic acids is 1. The summed E-state index contributed by atoms with van der Waals surface area (Å²) < 4.78 is 13.0. The van der Waals surface area contributed by atoms with Gasteiger partial charge in [0.2, 0.25) is 0 Å². The second-order valence-electron chi connectivity index (χ2n) is 4.34. The standard InChI is InChI=1S/C12H13ClFNO2/c1-7(15-5-9(6-15)12(16)17)8-2-3-11(14)10(13)4-8/h2-4,7,9H,5-6H2,1H3,(H,16,17). The average molecular weight is 258 g/mol. The number of rotatable bonds is 3. The molecule has 1 aromatic rings. The SMILES string of the molecule is CC(c1ccc(F)c(Cl)c1)N1CC(C(=O)O)C1. The number of hydrogen-bond donors (Lipinski definition) is 1. The van der Waals surface area contributed by atoms with Crippen LogP contribution < -0.4 is 0 Å². The summed E-state index contributed by atoms with van der Waals surface area (Å²) in [6, 6.07) is 4.67. The Hall–Kier alpha value is -1.13. The van der Waals surface area contributed by atoms with E-state index in [0.717, 1.165) is 5.56 Å². The van der Waals surface area contributed by atoms with Crippen molar-refractivity contribution < 1.29 is 14.3 Å². The third kappa shape index (κ3) is 2.42. The molecule has 1 atom stereocenters. The van der Waals surface area contributed by atoms with Crippen molar-refractivity contribution in [2.24, 2.45) is 5.92 Å². The van der Waals surface area contributed by atoms with Crippen molar-refractivity contribution in [2.75, 3.05) is 13.1 Å². The van der Waals surface area contributed by atoms with E-state index in [9.17, 15) is 9.18 Å². The summed E-state index contributed by atoms with van der Waals surface area (Å²) in [6.45, 7) is 3.03. The van der Waals surface area contributed by atoms with E-state index >= 15 is 0 Å². The van der Waals surface area contributed by atoms with Crippen LogP contribution in [-0.4, -0.2) is 29.1 Å². The zero-order valence-electron chi connectivity index (χ0n) is 9.36. The molecule has 0 saturated carbocycles. The van der Waals surface area contributed by atoms with E-state index in [-0.39, 0.29) is 17.0 Å². The maximum Gasteiger partial charge on any atom is 0.309 e. The van der Waals surface area contributed by atoms with Crippen LogP contribution in [0.25, 0.3) is 0 Å². The van der Waals surface area contributed by atoms with Crippen molar-refractivity contribution in [1.82, 2.24) is 4.90 Å². The molecule has 0 amide bonds. The smallest absolute Gasteiger partial charge is 0.309 e. The molecule has 3 nitrogen and oxygen atoms in total. The molecule has 0 bridgehead atoms. The Kier molecular flexibility index (Phi) is 3.35. The molecule has 1 fully saturated rings. The lowest BCUT2D eigenvalue weighted by atomic mass is 9.95. The van der Waals surface area contributed by atoms with Crippen LogP contribution in [0.2, 0.25) is 5.02 Å². The van der Waals surface area contributed by atoms with Crippen molar-refractivity contribution in [3.8, 4) is 0 Å². The number of halogens is 2. The fraction of sp³-hybridized carbons (Fsp3) is 0.417. The number of nitrogens with zero attached hydrogens (tertiary/aromatic N) is 1. The largest absolute Gasteiger partial charge is 0.481 e. The van der Waals surface area contributed by atoms with Crippen LogP contribution in [0.5, 0.6) is 0 Å². The highest BCUT2D eigenvalue weighted by Gasteiger charge is 2.35. The minimum atomic E-state index is -0.759. The molecule has 0 aromatic heterocycles. The number of hydrogen-bond acceptors (Lipinski definition) is 2. The van der Waals surface area contributed by atoms with Crippen LogP contribution in [0, 0.1) is 11.7 Å². The number of likely N-dealkylation sites (tertiary alicyclic amines) is 1. The number of carboxylic acid groups (broad SMARTS) is 1. The van der Waals surface area contributed by atoms with Crippen LogP contribution in [0.4, 0.5) is 4.39 Å². The van der Waals surface area contributed by atoms with Gasteiger partial charge in [-0.15, -0.1) is 0 Å². The average Bonchev–Trinajstić information content (AvgIpc) is 2.19. The second-order valence-corrected chi connectivity index (χ2v) is 4.75. The van der Waals surface area contributed by atoms with Gasteiger partial charge in [0.05, 0.1) is 10.9 Å². The van der Waals surface area contributed by atoms with Gasteiger partial charge in [0.25, 0.3) is 0 Å². The zero-order chi connectivity index (χ0) is 12.6. The summed E-state index contributed by atoms with van der Waals surface area (Å²) in [4.78, 5) is 12.7. The minimum absolute atomic E-state index is 0.0590. The molecule has 1 N–H and O–H groups in total. The Morgan fingerprint density at radius 2 is 2.24 bits per heavy atom. The number of carboxylic acids is 1. The van der Waals surface area contributed by atoms with Crippen molar-refractivity contribution >= 4 is 17.6 Å². The van der Waals surface area contributed by atoms with Gasteiger partial charge < -0.3 is 5.11 Å². The molecular formula is C12H13ClFNO2. The molecule has 92 valence electrons. The van der Waals surface area contributed by atoms with Crippen molar-refractivity contribution in [2.45, 2.75) is 13.0 Å². The van der Waals surface area contributed by atoms with Gasteiger partial charge in [-0.25, -0.2) is 4.39 Å². The number of benzene rings is 1. The lowest BCUT2D eigenvalue weighted by molar-refractivity contribution is -0.148. The van der Waals surface area contributed by atoms with Crippen LogP contribution in [0.15, 0.2) is 18.2 Å². The van der Waals surface area contributed by atoms with Gasteiger partial charge in [-0.2, -0.15) is 0 Å². The van der Waals surface area contributed by atoms with Crippen molar-refractivity contribution in [3.63, 3.8) is 0 Å². The Balaban J connectivity index is 2.03. The quantitative estimate of drug-likeness (QED) is 0.905. The zero-order valence-corrected chi connectivity index (χ0v) is 10.1. The van der Waals surface area contributed by atoms with Crippen LogP contribution in [0.1, 0.15) is 18.5 Å². The third-order valence-electron chi connectivity index (χ3n) is 3.23. The van der Waals surface area contributed by atoms with Gasteiger partial charge >= 0.3 is 5.97 Å². The summed E-state index contributed by atoms with van der Waals surface area (Å²) in [5, 5.41) is 8.89. The first kappa shape index (κ1) is 12.3. The normalized spacial score (nSPS) is 18.8. The maximum absolute atomic E-state index is 13.0. The van der Waals surface area contributed by atoms with Crippen LogP contribution >= 0.6 is 11.6 Å². The van der Waals surface area contributed by atoms with E-state index < -0.39 is 11.8 Å². The first-order valence-corrected chi connectivity index (χ1v) is 5.78. The molecular weight excluding hydrogens is 245 g/mol. The van der Waals surface area contributed by atoms with Gasteiger partial charge in [-0.1, -0.05) is 17.7 Å². The summed E-state index contributed by atoms with van der Waals surface area (Å²) in [7, 11) is 0. The monoisotopic (exact) mass is 257 g/mol.